The van der Waals surface area contributed by atoms with Crippen LogP contribution >= 0.6 is 0 Å². The molecular formula is C20H23NO7. The molecule has 0 unspecified atom stereocenters. The number of ether oxygens (including phenoxy) is 5. The summed E-state index contributed by atoms with van der Waals surface area (Å²) in [5, 5.41) is 2.68. The van der Waals surface area contributed by atoms with Gasteiger partial charge < -0.3 is 29.0 Å². The van der Waals surface area contributed by atoms with Gasteiger partial charge in [-0.1, -0.05) is 12.1 Å². The number of carbonyl (C=O) groups is 2. The van der Waals surface area contributed by atoms with Crippen LogP contribution < -0.4 is 24.3 Å². The fourth-order valence-electron chi connectivity index (χ4n) is 2.41. The van der Waals surface area contributed by atoms with Gasteiger partial charge in [0, 0.05) is 6.54 Å². The van der Waals surface area contributed by atoms with Crippen LogP contribution in [0.15, 0.2) is 36.4 Å². The van der Waals surface area contributed by atoms with Crippen LogP contribution in [0.3, 0.4) is 0 Å². The number of hydrogen-bond acceptors (Lipinski definition) is 7. The van der Waals surface area contributed by atoms with Crippen LogP contribution in [0.4, 0.5) is 0 Å². The summed E-state index contributed by atoms with van der Waals surface area (Å²) in [4.78, 5) is 24.2. The summed E-state index contributed by atoms with van der Waals surface area (Å²) in [6.07, 6.45) is 0. The highest BCUT2D eigenvalue weighted by Crippen LogP contribution is 2.38. The van der Waals surface area contributed by atoms with Crippen LogP contribution in [0.25, 0.3) is 0 Å². The van der Waals surface area contributed by atoms with Crippen LogP contribution in [0.2, 0.25) is 0 Å². The molecule has 0 bridgehead atoms. The summed E-state index contributed by atoms with van der Waals surface area (Å²) in [6.45, 7) is -0.101. The minimum absolute atomic E-state index is 0.178. The predicted molar refractivity (Wildman–Crippen MR) is 101 cm³/mol. The number of hydrogen-bond donors (Lipinski definition) is 1. The van der Waals surface area contributed by atoms with Crippen LogP contribution in [0.5, 0.6) is 23.0 Å². The lowest BCUT2D eigenvalue weighted by molar-refractivity contribution is -0.124. The zero-order valence-corrected chi connectivity index (χ0v) is 16.2. The molecule has 0 heterocycles. The molecule has 0 saturated heterocycles. The monoisotopic (exact) mass is 389 g/mol. The highest BCUT2D eigenvalue weighted by atomic mass is 16.5. The Morgan fingerprint density at radius 1 is 0.857 bits per heavy atom. The van der Waals surface area contributed by atoms with Crippen molar-refractivity contribution < 1.29 is 33.3 Å². The number of methoxy groups -OCH3 is 4. The second-order valence-corrected chi connectivity index (χ2v) is 5.61. The first kappa shape index (κ1) is 20.9. The summed E-state index contributed by atoms with van der Waals surface area (Å²) in [5.74, 6) is 0.624. The second kappa shape index (κ2) is 10.1. The zero-order valence-electron chi connectivity index (χ0n) is 16.2. The zero-order chi connectivity index (χ0) is 20.5. The van der Waals surface area contributed by atoms with Gasteiger partial charge in [0.05, 0.1) is 34.0 Å². The minimum Gasteiger partial charge on any atom is -0.497 e. The lowest BCUT2D eigenvalue weighted by atomic mass is 10.2. The van der Waals surface area contributed by atoms with Gasteiger partial charge in [0.25, 0.3) is 5.91 Å². The quantitative estimate of drug-likeness (QED) is 0.657. The highest BCUT2D eigenvalue weighted by Gasteiger charge is 2.18. The van der Waals surface area contributed by atoms with Crippen molar-refractivity contribution in [1.29, 1.82) is 0 Å². The number of benzene rings is 2. The lowest BCUT2D eigenvalue weighted by Crippen LogP contribution is -2.28. The first-order valence-electron chi connectivity index (χ1n) is 8.39. The molecule has 28 heavy (non-hydrogen) atoms. The summed E-state index contributed by atoms with van der Waals surface area (Å²) < 4.78 is 25.7. The summed E-state index contributed by atoms with van der Waals surface area (Å²) >= 11 is 0. The van der Waals surface area contributed by atoms with E-state index in [1.807, 2.05) is 12.1 Å². The topological polar surface area (TPSA) is 92.3 Å². The molecule has 0 aromatic heterocycles. The van der Waals surface area contributed by atoms with Gasteiger partial charge in [-0.15, -0.1) is 0 Å². The molecule has 0 spiro atoms. The van der Waals surface area contributed by atoms with Crippen molar-refractivity contribution >= 4 is 11.9 Å². The first-order chi connectivity index (χ1) is 13.5. The van der Waals surface area contributed by atoms with Crippen molar-refractivity contribution in [2.75, 3.05) is 35.0 Å². The van der Waals surface area contributed by atoms with E-state index in [0.717, 1.165) is 11.3 Å². The van der Waals surface area contributed by atoms with Crippen molar-refractivity contribution in [2.24, 2.45) is 0 Å². The Bertz CT molecular complexity index is 793. The van der Waals surface area contributed by atoms with Crippen LogP contribution in [0.1, 0.15) is 15.9 Å². The van der Waals surface area contributed by atoms with Crippen LogP contribution in [-0.2, 0) is 16.1 Å². The largest absolute Gasteiger partial charge is 0.497 e. The molecule has 0 atom stereocenters. The van der Waals surface area contributed by atoms with E-state index < -0.39 is 18.5 Å². The Morgan fingerprint density at radius 3 is 1.96 bits per heavy atom. The average Bonchev–Trinajstić information content (AvgIpc) is 2.74. The summed E-state index contributed by atoms with van der Waals surface area (Å²) in [5.41, 5.74) is 1.07. The van der Waals surface area contributed by atoms with Crippen molar-refractivity contribution in [2.45, 2.75) is 6.54 Å². The first-order valence-corrected chi connectivity index (χ1v) is 8.39. The Hall–Kier alpha value is -3.42. The Kier molecular flexibility index (Phi) is 7.50. The van der Waals surface area contributed by atoms with Gasteiger partial charge in [-0.2, -0.15) is 0 Å². The van der Waals surface area contributed by atoms with Crippen molar-refractivity contribution in [1.82, 2.24) is 5.32 Å². The molecule has 0 radical (unpaired) electrons. The maximum absolute atomic E-state index is 12.3. The number of nitrogens with one attached hydrogen (secondary N) is 1. The van der Waals surface area contributed by atoms with Crippen molar-refractivity contribution in [3.63, 3.8) is 0 Å². The molecule has 1 N–H and O–H groups in total. The number of rotatable bonds is 9. The van der Waals surface area contributed by atoms with E-state index in [1.165, 1.54) is 33.5 Å². The molecule has 2 aromatic carbocycles. The van der Waals surface area contributed by atoms with E-state index in [-0.39, 0.29) is 5.56 Å². The van der Waals surface area contributed by atoms with Crippen LogP contribution in [-0.4, -0.2) is 46.9 Å². The maximum atomic E-state index is 12.3. The molecule has 0 fully saturated rings. The normalized spacial score (nSPS) is 10.0. The fourth-order valence-corrected chi connectivity index (χ4v) is 2.41. The second-order valence-electron chi connectivity index (χ2n) is 5.61. The summed E-state index contributed by atoms with van der Waals surface area (Å²) in [7, 11) is 5.93. The SMILES string of the molecule is COc1ccc(CNC(=O)COC(=O)c2cc(OC)c(OC)c(OC)c2)cc1. The average molecular weight is 389 g/mol. The van der Waals surface area contributed by atoms with Gasteiger partial charge in [0.15, 0.2) is 18.1 Å². The van der Waals surface area contributed by atoms with Gasteiger partial charge >= 0.3 is 5.97 Å². The summed E-state index contributed by atoms with van der Waals surface area (Å²) in [6, 6.07) is 10.2. The molecule has 0 aliphatic carbocycles. The van der Waals surface area contributed by atoms with Gasteiger partial charge in [0.2, 0.25) is 5.75 Å². The van der Waals surface area contributed by atoms with Crippen LogP contribution in [0, 0.1) is 0 Å². The smallest absolute Gasteiger partial charge is 0.338 e. The Labute approximate surface area is 163 Å². The third-order valence-electron chi connectivity index (χ3n) is 3.88. The molecule has 8 nitrogen and oxygen atoms in total. The van der Waals surface area contributed by atoms with E-state index in [2.05, 4.69) is 5.32 Å². The molecule has 2 rings (SSSR count). The molecule has 8 heteroatoms. The van der Waals surface area contributed by atoms with E-state index in [4.69, 9.17) is 23.7 Å². The molecule has 2 aromatic rings. The van der Waals surface area contributed by atoms with E-state index in [1.54, 1.807) is 19.2 Å². The van der Waals surface area contributed by atoms with Gasteiger partial charge in [0.1, 0.15) is 5.75 Å². The fraction of sp³-hybridized carbons (Fsp3) is 0.300. The molecule has 1 amide bonds. The van der Waals surface area contributed by atoms with Crippen molar-refractivity contribution in [3.05, 3.63) is 47.5 Å². The van der Waals surface area contributed by atoms with Crippen molar-refractivity contribution in [3.8, 4) is 23.0 Å². The lowest BCUT2D eigenvalue weighted by Gasteiger charge is -2.13. The van der Waals surface area contributed by atoms with Gasteiger partial charge in [-0.25, -0.2) is 4.79 Å². The predicted octanol–water partition coefficient (Wildman–Crippen LogP) is 2.19. The van der Waals surface area contributed by atoms with E-state index >= 15 is 0 Å². The maximum Gasteiger partial charge on any atom is 0.338 e. The number of amides is 1. The molecule has 0 aliphatic rings. The Morgan fingerprint density at radius 2 is 1.46 bits per heavy atom. The highest BCUT2D eigenvalue weighted by molar-refractivity contribution is 5.92. The Balaban J connectivity index is 1.92. The molecule has 0 aliphatic heterocycles. The van der Waals surface area contributed by atoms with Gasteiger partial charge in [-0.05, 0) is 29.8 Å². The van der Waals surface area contributed by atoms with E-state index in [9.17, 15) is 9.59 Å². The minimum atomic E-state index is -0.682. The van der Waals surface area contributed by atoms with E-state index in [0.29, 0.717) is 23.8 Å². The molecule has 0 saturated carbocycles. The van der Waals surface area contributed by atoms with Gasteiger partial charge in [-0.3, -0.25) is 4.79 Å². The number of carbonyl (C=O) groups excluding carboxylic acids is 2. The standard InChI is InChI=1S/C20H23NO7/c1-24-15-7-5-13(6-8-15)11-21-18(22)12-28-20(23)14-9-16(25-2)19(27-4)17(10-14)26-3/h5-10H,11-12H2,1-4H3,(H,21,22). The third kappa shape index (κ3) is 5.29. The third-order valence-corrected chi connectivity index (χ3v) is 3.88. The molecule has 150 valence electrons. The molecular weight excluding hydrogens is 366 g/mol. The number of esters is 1.